The minimum absolute atomic E-state index is 0.230. The Morgan fingerprint density at radius 2 is 1.68 bits per heavy atom. The third-order valence-corrected chi connectivity index (χ3v) is 3.57. The van der Waals surface area contributed by atoms with Gasteiger partial charge in [0.05, 0.1) is 0 Å². The van der Waals surface area contributed by atoms with Crippen LogP contribution >= 0.6 is 0 Å². The Kier molecular flexibility index (Phi) is 3.11. The van der Waals surface area contributed by atoms with Gasteiger partial charge in [-0.2, -0.15) is 13.2 Å². The largest absolute Gasteiger partial charge is 0.433 e. The van der Waals surface area contributed by atoms with Gasteiger partial charge in [-0.25, -0.2) is 9.97 Å². The van der Waals surface area contributed by atoms with E-state index in [4.69, 9.17) is 0 Å². The molecule has 2 aliphatic rings. The molecule has 2 saturated carbocycles. The zero-order valence-electron chi connectivity index (χ0n) is 10.5. The first kappa shape index (κ1) is 12.7. The van der Waals surface area contributed by atoms with Crippen molar-refractivity contribution in [2.75, 3.05) is 18.0 Å². The summed E-state index contributed by atoms with van der Waals surface area (Å²) in [7, 11) is 0. The molecule has 1 heterocycles. The molecule has 3 rings (SSSR count). The fourth-order valence-corrected chi connectivity index (χ4v) is 2.12. The SMILES string of the molecule is FC(F)(F)c1ccnc(N(CC2CC2)CC2CC2)n1. The molecule has 2 fully saturated rings. The number of anilines is 1. The number of aromatic nitrogens is 2. The molecule has 1 aromatic rings. The van der Waals surface area contributed by atoms with Crippen LogP contribution in [0.2, 0.25) is 0 Å². The van der Waals surface area contributed by atoms with Crippen molar-refractivity contribution in [3.05, 3.63) is 18.0 Å². The fourth-order valence-electron chi connectivity index (χ4n) is 2.12. The van der Waals surface area contributed by atoms with Crippen molar-refractivity contribution in [1.29, 1.82) is 0 Å². The van der Waals surface area contributed by atoms with Crippen molar-refractivity contribution in [2.24, 2.45) is 11.8 Å². The molecule has 0 saturated heterocycles. The van der Waals surface area contributed by atoms with Crippen LogP contribution in [0, 0.1) is 11.8 Å². The maximum atomic E-state index is 12.7. The molecule has 1 aromatic heterocycles. The standard InChI is InChI=1S/C13H16F3N3/c14-13(15,16)11-5-6-17-12(18-11)19(7-9-1-2-9)8-10-3-4-10/h5-6,9-10H,1-4,7-8H2. The third-order valence-electron chi connectivity index (χ3n) is 3.57. The van der Waals surface area contributed by atoms with E-state index in [-0.39, 0.29) is 5.95 Å². The highest BCUT2D eigenvalue weighted by molar-refractivity contribution is 5.32. The first-order valence-corrected chi connectivity index (χ1v) is 6.67. The van der Waals surface area contributed by atoms with Gasteiger partial charge in [0.2, 0.25) is 5.95 Å². The van der Waals surface area contributed by atoms with Crippen LogP contribution in [0.1, 0.15) is 31.4 Å². The molecule has 0 N–H and O–H groups in total. The second-order valence-corrected chi connectivity index (χ2v) is 5.53. The summed E-state index contributed by atoms with van der Waals surface area (Å²) in [6.07, 6.45) is 1.47. The van der Waals surface area contributed by atoms with Gasteiger partial charge in [-0.05, 0) is 43.6 Å². The topological polar surface area (TPSA) is 29.0 Å². The van der Waals surface area contributed by atoms with Crippen LogP contribution in [0.25, 0.3) is 0 Å². The quantitative estimate of drug-likeness (QED) is 0.824. The van der Waals surface area contributed by atoms with E-state index >= 15 is 0 Å². The molecular formula is C13H16F3N3. The van der Waals surface area contributed by atoms with E-state index in [1.54, 1.807) is 0 Å². The monoisotopic (exact) mass is 271 g/mol. The summed E-state index contributed by atoms with van der Waals surface area (Å²) in [5.74, 6) is 1.45. The summed E-state index contributed by atoms with van der Waals surface area (Å²) in [6.45, 7) is 1.58. The molecule has 19 heavy (non-hydrogen) atoms. The lowest BCUT2D eigenvalue weighted by Crippen LogP contribution is -2.30. The van der Waals surface area contributed by atoms with Gasteiger partial charge >= 0.3 is 6.18 Å². The Morgan fingerprint density at radius 3 is 2.16 bits per heavy atom. The van der Waals surface area contributed by atoms with Crippen LogP contribution < -0.4 is 4.90 Å². The Morgan fingerprint density at radius 1 is 1.11 bits per heavy atom. The molecule has 6 heteroatoms. The van der Waals surface area contributed by atoms with Gasteiger partial charge in [-0.1, -0.05) is 0 Å². The first-order chi connectivity index (χ1) is 9.02. The van der Waals surface area contributed by atoms with E-state index < -0.39 is 11.9 Å². The van der Waals surface area contributed by atoms with Crippen molar-refractivity contribution in [2.45, 2.75) is 31.9 Å². The number of rotatable bonds is 5. The first-order valence-electron chi connectivity index (χ1n) is 6.67. The number of nitrogens with zero attached hydrogens (tertiary/aromatic N) is 3. The Balaban J connectivity index is 1.79. The lowest BCUT2D eigenvalue weighted by Gasteiger charge is -2.23. The summed E-state index contributed by atoms with van der Waals surface area (Å²) in [5, 5.41) is 0. The minimum atomic E-state index is -4.40. The molecule has 0 spiro atoms. The van der Waals surface area contributed by atoms with E-state index in [1.807, 2.05) is 4.90 Å². The molecule has 0 atom stereocenters. The molecular weight excluding hydrogens is 255 g/mol. The van der Waals surface area contributed by atoms with E-state index in [0.29, 0.717) is 11.8 Å². The molecule has 0 bridgehead atoms. The maximum absolute atomic E-state index is 12.7. The molecule has 0 unspecified atom stereocenters. The summed E-state index contributed by atoms with van der Waals surface area (Å²) in [5.41, 5.74) is -0.853. The molecule has 104 valence electrons. The van der Waals surface area contributed by atoms with E-state index in [1.165, 1.54) is 31.9 Å². The van der Waals surface area contributed by atoms with E-state index in [0.717, 1.165) is 19.2 Å². The number of hydrogen-bond donors (Lipinski definition) is 0. The zero-order valence-corrected chi connectivity index (χ0v) is 10.5. The van der Waals surface area contributed by atoms with Crippen LogP contribution in [0.4, 0.5) is 19.1 Å². The van der Waals surface area contributed by atoms with Crippen molar-refractivity contribution in [3.8, 4) is 0 Å². The van der Waals surface area contributed by atoms with Crippen LogP contribution in [-0.2, 0) is 6.18 Å². The predicted molar refractivity (Wildman–Crippen MR) is 64.7 cm³/mol. The van der Waals surface area contributed by atoms with Crippen LogP contribution in [0.15, 0.2) is 12.3 Å². The highest BCUT2D eigenvalue weighted by Gasteiger charge is 2.35. The molecule has 2 aliphatic carbocycles. The van der Waals surface area contributed by atoms with Gasteiger partial charge in [0.25, 0.3) is 0 Å². The number of hydrogen-bond acceptors (Lipinski definition) is 3. The lowest BCUT2D eigenvalue weighted by atomic mass is 10.3. The van der Waals surface area contributed by atoms with Gasteiger partial charge in [0, 0.05) is 19.3 Å². The maximum Gasteiger partial charge on any atom is 0.433 e. The molecule has 3 nitrogen and oxygen atoms in total. The van der Waals surface area contributed by atoms with Crippen LogP contribution in [0.3, 0.4) is 0 Å². The van der Waals surface area contributed by atoms with Gasteiger partial charge < -0.3 is 4.90 Å². The Hall–Kier alpha value is -1.33. The predicted octanol–water partition coefficient (Wildman–Crippen LogP) is 3.12. The second kappa shape index (κ2) is 4.65. The van der Waals surface area contributed by atoms with Crippen molar-refractivity contribution in [3.63, 3.8) is 0 Å². The summed E-state index contributed by atoms with van der Waals surface area (Å²) >= 11 is 0. The van der Waals surface area contributed by atoms with Crippen LogP contribution in [0.5, 0.6) is 0 Å². The molecule has 0 aromatic carbocycles. The minimum Gasteiger partial charge on any atom is -0.340 e. The van der Waals surface area contributed by atoms with E-state index in [2.05, 4.69) is 9.97 Å². The Bertz CT molecular complexity index is 439. The fraction of sp³-hybridized carbons (Fsp3) is 0.692. The Labute approximate surface area is 109 Å². The smallest absolute Gasteiger partial charge is 0.340 e. The van der Waals surface area contributed by atoms with Crippen molar-refractivity contribution < 1.29 is 13.2 Å². The molecule has 0 aliphatic heterocycles. The second-order valence-electron chi connectivity index (χ2n) is 5.53. The summed E-state index contributed by atoms with van der Waals surface area (Å²) in [4.78, 5) is 9.66. The molecule has 0 radical (unpaired) electrons. The third kappa shape index (κ3) is 3.36. The van der Waals surface area contributed by atoms with Crippen LogP contribution in [-0.4, -0.2) is 23.1 Å². The molecule has 0 amide bonds. The highest BCUT2D eigenvalue weighted by atomic mass is 19.4. The normalized spacial score (nSPS) is 19.5. The van der Waals surface area contributed by atoms with Gasteiger partial charge in [0.15, 0.2) is 0 Å². The van der Waals surface area contributed by atoms with E-state index in [9.17, 15) is 13.2 Å². The highest BCUT2D eigenvalue weighted by Crippen LogP contribution is 2.35. The van der Waals surface area contributed by atoms with Gasteiger partial charge in [0.1, 0.15) is 5.69 Å². The van der Waals surface area contributed by atoms with Gasteiger partial charge in [-0.3, -0.25) is 0 Å². The summed E-state index contributed by atoms with van der Waals surface area (Å²) in [6, 6.07) is 0.927. The summed E-state index contributed by atoms with van der Waals surface area (Å²) < 4.78 is 38.0. The average Bonchev–Trinajstić information content (AvgIpc) is 3.22. The lowest BCUT2D eigenvalue weighted by molar-refractivity contribution is -0.141. The van der Waals surface area contributed by atoms with Crippen molar-refractivity contribution in [1.82, 2.24) is 9.97 Å². The van der Waals surface area contributed by atoms with Crippen molar-refractivity contribution >= 4 is 5.95 Å². The number of halogens is 3. The van der Waals surface area contributed by atoms with Gasteiger partial charge in [-0.15, -0.1) is 0 Å². The number of alkyl halides is 3. The zero-order chi connectivity index (χ0) is 13.5. The average molecular weight is 271 g/mol.